The maximum Gasteiger partial charge on any atom is 0.245 e. The number of rotatable bonds is 11. The Morgan fingerprint density at radius 2 is 1.71 bits per heavy atom. The largest absolute Gasteiger partial charge is 0.495 e. The van der Waals surface area contributed by atoms with Crippen molar-refractivity contribution >= 4 is 21.6 Å². The highest BCUT2D eigenvalue weighted by Crippen LogP contribution is 2.25. The van der Waals surface area contributed by atoms with E-state index < -0.39 is 27.8 Å². The van der Waals surface area contributed by atoms with Gasteiger partial charge in [-0.1, -0.05) is 55.8 Å². The Labute approximate surface area is 200 Å². The van der Waals surface area contributed by atoms with E-state index >= 15 is 0 Å². The lowest BCUT2D eigenvalue weighted by Crippen LogP contribution is -2.45. The molecule has 0 aromatic heterocycles. The number of amides is 1. The second kappa shape index (κ2) is 11.8. The molecule has 0 heterocycles. The van der Waals surface area contributed by atoms with Crippen molar-refractivity contribution in [2.24, 2.45) is 0 Å². The molecule has 1 unspecified atom stereocenters. The zero-order valence-electron chi connectivity index (χ0n) is 19.3. The van der Waals surface area contributed by atoms with Gasteiger partial charge in [-0.3, -0.25) is 4.79 Å². The van der Waals surface area contributed by atoms with E-state index in [0.29, 0.717) is 5.69 Å². The van der Waals surface area contributed by atoms with Crippen LogP contribution in [0.2, 0.25) is 0 Å². The van der Waals surface area contributed by atoms with E-state index in [0.717, 1.165) is 37.0 Å². The summed E-state index contributed by atoms with van der Waals surface area (Å²) in [7, 11) is -2.98. The average Bonchev–Trinajstić information content (AvgIpc) is 2.83. The third kappa shape index (κ3) is 6.88. The second-order valence-electron chi connectivity index (χ2n) is 7.95. The van der Waals surface area contributed by atoms with Crippen LogP contribution in [0.5, 0.6) is 5.75 Å². The summed E-state index contributed by atoms with van der Waals surface area (Å²) in [5.41, 5.74) is 2.50. The summed E-state index contributed by atoms with van der Waals surface area (Å²) in [6.07, 6.45) is 3.24. The molecule has 2 N–H and O–H groups in total. The number of hydrogen-bond acceptors (Lipinski definition) is 4. The molecule has 0 aliphatic carbocycles. The first kappa shape index (κ1) is 25.4. The zero-order chi connectivity index (χ0) is 24.6. The summed E-state index contributed by atoms with van der Waals surface area (Å²) >= 11 is 0. The minimum absolute atomic E-state index is 0.0181. The number of carbonyl (C=O) groups is 1. The minimum atomic E-state index is -4.27. The molecule has 0 aliphatic heterocycles. The summed E-state index contributed by atoms with van der Waals surface area (Å²) in [6, 6.07) is 18.6. The number of halogens is 1. The van der Waals surface area contributed by atoms with Crippen LogP contribution in [0.15, 0.2) is 77.7 Å². The fraction of sp³-hybridized carbons (Fsp3) is 0.269. The molecule has 0 fully saturated rings. The monoisotopic (exact) mass is 484 g/mol. The van der Waals surface area contributed by atoms with Gasteiger partial charge in [0.2, 0.25) is 15.9 Å². The molecule has 0 saturated carbocycles. The van der Waals surface area contributed by atoms with Crippen molar-refractivity contribution in [1.29, 1.82) is 0 Å². The van der Waals surface area contributed by atoms with Crippen molar-refractivity contribution in [3.05, 3.63) is 89.7 Å². The highest BCUT2D eigenvalue weighted by Gasteiger charge is 2.28. The summed E-state index contributed by atoms with van der Waals surface area (Å²) < 4.78 is 47.6. The van der Waals surface area contributed by atoms with Crippen LogP contribution in [0, 0.1) is 5.82 Å². The maximum atomic E-state index is 13.8. The Kier molecular flexibility index (Phi) is 8.79. The third-order valence-corrected chi connectivity index (χ3v) is 6.85. The second-order valence-corrected chi connectivity index (χ2v) is 9.63. The Morgan fingerprint density at radius 1 is 1.00 bits per heavy atom. The topological polar surface area (TPSA) is 84.5 Å². The number of aryl methyl sites for hydroxylation is 1. The van der Waals surface area contributed by atoms with Gasteiger partial charge in [0.1, 0.15) is 22.5 Å². The molecule has 0 spiro atoms. The van der Waals surface area contributed by atoms with Crippen LogP contribution < -0.4 is 14.8 Å². The molecule has 0 bridgehead atoms. The quantitative estimate of drug-likeness (QED) is 0.413. The number of methoxy groups -OCH3 is 1. The maximum absolute atomic E-state index is 13.8. The fourth-order valence-corrected chi connectivity index (χ4v) is 4.89. The van der Waals surface area contributed by atoms with Crippen molar-refractivity contribution < 1.29 is 22.3 Å². The highest BCUT2D eigenvalue weighted by molar-refractivity contribution is 7.89. The number of sulfonamides is 1. The Bertz CT molecular complexity index is 1200. The Morgan fingerprint density at radius 3 is 2.35 bits per heavy atom. The van der Waals surface area contributed by atoms with Gasteiger partial charge in [-0.05, 0) is 60.7 Å². The van der Waals surface area contributed by atoms with Gasteiger partial charge in [-0.25, -0.2) is 12.8 Å². The van der Waals surface area contributed by atoms with Crippen LogP contribution in [0.25, 0.3) is 0 Å². The van der Waals surface area contributed by atoms with Crippen molar-refractivity contribution in [3.8, 4) is 5.75 Å². The molecule has 1 amide bonds. The van der Waals surface area contributed by atoms with Gasteiger partial charge in [0.05, 0.1) is 7.11 Å². The number of unbranched alkanes of at least 4 members (excludes halogenated alkanes) is 1. The van der Waals surface area contributed by atoms with E-state index in [-0.39, 0.29) is 17.1 Å². The summed E-state index contributed by atoms with van der Waals surface area (Å²) in [6.45, 7) is 2.13. The number of anilines is 1. The molecule has 34 heavy (non-hydrogen) atoms. The van der Waals surface area contributed by atoms with Gasteiger partial charge in [-0.15, -0.1) is 0 Å². The Hall–Kier alpha value is -3.23. The lowest BCUT2D eigenvalue weighted by Gasteiger charge is -2.20. The van der Waals surface area contributed by atoms with Gasteiger partial charge in [0.15, 0.2) is 0 Å². The summed E-state index contributed by atoms with van der Waals surface area (Å²) in [5, 5.41) is 2.79. The fourth-order valence-electron chi connectivity index (χ4n) is 3.51. The SMILES string of the molecule is CCCCc1ccc(NC(=O)C(Cc2ccccc2)NS(=O)(=O)c2cc(F)ccc2OC)cc1. The molecule has 3 aromatic rings. The van der Waals surface area contributed by atoms with Gasteiger partial charge >= 0.3 is 0 Å². The molecule has 3 rings (SSSR count). The lowest BCUT2D eigenvalue weighted by atomic mass is 10.1. The third-order valence-electron chi connectivity index (χ3n) is 5.35. The van der Waals surface area contributed by atoms with Crippen LogP contribution in [0.4, 0.5) is 10.1 Å². The molecule has 3 aromatic carbocycles. The first-order chi connectivity index (χ1) is 16.3. The molecule has 6 nitrogen and oxygen atoms in total. The molecule has 8 heteroatoms. The number of carbonyl (C=O) groups excluding carboxylic acids is 1. The number of nitrogens with one attached hydrogen (secondary N) is 2. The molecule has 0 aliphatic rings. The van der Waals surface area contributed by atoms with E-state index in [1.54, 1.807) is 24.3 Å². The summed E-state index contributed by atoms with van der Waals surface area (Å²) in [4.78, 5) is 12.8. The van der Waals surface area contributed by atoms with Crippen molar-refractivity contribution in [1.82, 2.24) is 4.72 Å². The van der Waals surface area contributed by atoms with Crippen LogP contribution in [-0.2, 0) is 27.7 Å². The van der Waals surface area contributed by atoms with E-state index in [1.165, 1.54) is 18.7 Å². The molecular weight excluding hydrogens is 455 g/mol. The smallest absolute Gasteiger partial charge is 0.245 e. The lowest BCUT2D eigenvalue weighted by molar-refractivity contribution is -0.117. The zero-order valence-corrected chi connectivity index (χ0v) is 20.1. The number of benzene rings is 3. The Balaban J connectivity index is 1.85. The van der Waals surface area contributed by atoms with E-state index in [2.05, 4.69) is 17.0 Å². The van der Waals surface area contributed by atoms with Crippen molar-refractivity contribution in [2.75, 3.05) is 12.4 Å². The molecule has 180 valence electrons. The highest BCUT2D eigenvalue weighted by atomic mass is 32.2. The normalized spacial score (nSPS) is 12.2. The first-order valence-electron chi connectivity index (χ1n) is 11.1. The van der Waals surface area contributed by atoms with Gasteiger partial charge in [-0.2, -0.15) is 4.72 Å². The van der Waals surface area contributed by atoms with Crippen LogP contribution in [-0.4, -0.2) is 27.5 Å². The van der Waals surface area contributed by atoms with E-state index in [9.17, 15) is 17.6 Å². The van der Waals surface area contributed by atoms with Crippen molar-refractivity contribution in [3.63, 3.8) is 0 Å². The van der Waals surface area contributed by atoms with Gasteiger partial charge in [0.25, 0.3) is 0 Å². The standard InChI is InChI=1S/C26H29FN2O4S/c1-3-4-8-19-11-14-22(15-12-19)28-26(30)23(17-20-9-6-5-7-10-20)29-34(31,32)25-18-21(27)13-16-24(25)33-2/h5-7,9-16,18,23,29H,3-4,8,17H2,1-2H3,(H,28,30). The van der Waals surface area contributed by atoms with Crippen molar-refractivity contribution in [2.45, 2.75) is 43.5 Å². The predicted molar refractivity (Wildman–Crippen MR) is 131 cm³/mol. The average molecular weight is 485 g/mol. The van der Waals surface area contributed by atoms with Crippen LogP contribution in [0.1, 0.15) is 30.9 Å². The molecule has 1 atom stereocenters. The summed E-state index contributed by atoms with van der Waals surface area (Å²) in [5.74, 6) is -1.27. The van der Waals surface area contributed by atoms with E-state index in [4.69, 9.17) is 4.74 Å². The molecule has 0 radical (unpaired) electrons. The van der Waals surface area contributed by atoms with Crippen LogP contribution in [0.3, 0.4) is 0 Å². The van der Waals surface area contributed by atoms with E-state index in [1.807, 2.05) is 30.3 Å². The molecular formula is C26H29FN2O4S. The predicted octanol–water partition coefficient (Wildman–Crippen LogP) is 4.71. The van der Waals surface area contributed by atoms with Gasteiger partial charge < -0.3 is 10.1 Å². The minimum Gasteiger partial charge on any atom is -0.495 e. The first-order valence-corrected chi connectivity index (χ1v) is 12.6. The van der Waals surface area contributed by atoms with Gasteiger partial charge in [0, 0.05) is 5.69 Å². The number of hydrogen-bond donors (Lipinski definition) is 2. The number of ether oxygens (including phenoxy) is 1. The van der Waals surface area contributed by atoms with Crippen LogP contribution >= 0.6 is 0 Å². The molecule has 0 saturated heterocycles.